The van der Waals surface area contributed by atoms with E-state index in [0.29, 0.717) is 11.9 Å². The molecule has 2 aromatic rings. The van der Waals surface area contributed by atoms with Gasteiger partial charge in [0.2, 0.25) is 0 Å². The molecule has 1 aromatic heterocycles. The van der Waals surface area contributed by atoms with Crippen LogP contribution in [0.4, 0.5) is 0 Å². The third-order valence-electron chi connectivity index (χ3n) is 4.39. The fraction of sp³-hybridized carbons (Fsp3) is 0.562. The summed E-state index contributed by atoms with van der Waals surface area (Å²) in [6.45, 7) is 4.49. The fourth-order valence-electron chi connectivity index (χ4n) is 3.26. The number of aryl methyl sites for hydroxylation is 1. The van der Waals surface area contributed by atoms with Crippen LogP contribution in [0.15, 0.2) is 18.2 Å². The number of hydrogen-bond acceptors (Lipinski definition) is 1. The number of imidazole rings is 1. The molecule has 3 heteroatoms. The van der Waals surface area contributed by atoms with Gasteiger partial charge in [-0.3, -0.25) is 0 Å². The summed E-state index contributed by atoms with van der Waals surface area (Å²) in [5.74, 6) is 2.40. The van der Waals surface area contributed by atoms with Crippen molar-refractivity contribution < 1.29 is 0 Å². The van der Waals surface area contributed by atoms with Gasteiger partial charge in [-0.25, -0.2) is 4.98 Å². The normalized spacial score (nSPS) is 23.9. The second-order valence-corrected chi connectivity index (χ2v) is 6.20. The molecule has 1 heterocycles. The molecule has 1 aliphatic rings. The van der Waals surface area contributed by atoms with Crippen molar-refractivity contribution in [3.05, 3.63) is 29.6 Å². The number of hydrogen-bond donors (Lipinski definition) is 0. The van der Waals surface area contributed by atoms with Gasteiger partial charge in [0.15, 0.2) is 0 Å². The highest BCUT2D eigenvalue weighted by Crippen LogP contribution is 2.35. The Bertz CT molecular complexity index is 580. The number of rotatable bonds is 2. The van der Waals surface area contributed by atoms with E-state index in [-0.39, 0.29) is 0 Å². The number of aromatic nitrogens is 2. The lowest BCUT2D eigenvalue weighted by Gasteiger charge is -2.28. The average molecular weight is 277 g/mol. The first kappa shape index (κ1) is 13.0. The third kappa shape index (κ3) is 2.38. The molecule has 0 atom stereocenters. The second-order valence-electron chi connectivity index (χ2n) is 5.94. The van der Waals surface area contributed by atoms with E-state index in [4.69, 9.17) is 16.6 Å². The van der Waals surface area contributed by atoms with Crippen LogP contribution in [-0.2, 0) is 5.88 Å². The Balaban J connectivity index is 2.07. The van der Waals surface area contributed by atoms with Crippen LogP contribution in [0.1, 0.15) is 50.0 Å². The molecule has 0 aliphatic heterocycles. The smallest absolute Gasteiger partial charge is 0.125 e. The summed E-state index contributed by atoms with van der Waals surface area (Å²) >= 11 is 6.11. The lowest BCUT2D eigenvalue weighted by Crippen LogP contribution is -2.18. The molecule has 0 saturated heterocycles. The van der Waals surface area contributed by atoms with Gasteiger partial charge in [-0.05, 0) is 56.2 Å². The van der Waals surface area contributed by atoms with E-state index in [1.807, 2.05) is 0 Å². The zero-order valence-corrected chi connectivity index (χ0v) is 12.5. The van der Waals surface area contributed by atoms with Crippen molar-refractivity contribution in [1.82, 2.24) is 9.55 Å². The summed E-state index contributed by atoms with van der Waals surface area (Å²) in [6, 6.07) is 7.07. The van der Waals surface area contributed by atoms with Crippen LogP contribution in [-0.4, -0.2) is 9.55 Å². The topological polar surface area (TPSA) is 17.8 Å². The zero-order chi connectivity index (χ0) is 13.4. The first-order chi connectivity index (χ1) is 9.19. The molecule has 19 heavy (non-hydrogen) atoms. The number of nitrogens with zero attached hydrogens (tertiary/aromatic N) is 2. The predicted molar refractivity (Wildman–Crippen MR) is 80.7 cm³/mol. The van der Waals surface area contributed by atoms with Gasteiger partial charge in [0, 0.05) is 6.04 Å². The molecule has 0 amide bonds. The van der Waals surface area contributed by atoms with Gasteiger partial charge in [0.05, 0.1) is 16.9 Å². The van der Waals surface area contributed by atoms with Crippen molar-refractivity contribution >= 4 is 22.6 Å². The van der Waals surface area contributed by atoms with E-state index in [1.165, 1.54) is 36.8 Å². The van der Waals surface area contributed by atoms with Gasteiger partial charge < -0.3 is 4.57 Å². The lowest BCUT2D eigenvalue weighted by atomic mass is 9.87. The minimum absolute atomic E-state index is 0.500. The van der Waals surface area contributed by atoms with E-state index >= 15 is 0 Å². The van der Waals surface area contributed by atoms with Crippen molar-refractivity contribution in [2.24, 2.45) is 5.92 Å². The second kappa shape index (κ2) is 5.16. The Morgan fingerprint density at radius 1 is 1.26 bits per heavy atom. The number of halogens is 1. The van der Waals surface area contributed by atoms with E-state index in [2.05, 4.69) is 36.6 Å². The van der Waals surface area contributed by atoms with Crippen LogP contribution < -0.4 is 0 Å². The highest BCUT2D eigenvalue weighted by Gasteiger charge is 2.23. The van der Waals surface area contributed by atoms with Crippen LogP contribution in [0.3, 0.4) is 0 Å². The minimum atomic E-state index is 0.500. The maximum Gasteiger partial charge on any atom is 0.125 e. The van der Waals surface area contributed by atoms with E-state index in [0.717, 1.165) is 17.3 Å². The summed E-state index contributed by atoms with van der Waals surface area (Å²) in [6.07, 6.45) is 5.14. The maximum atomic E-state index is 6.11. The molecule has 0 N–H and O–H groups in total. The Hall–Kier alpha value is -1.02. The highest BCUT2D eigenvalue weighted by molar-refractivity contribution is 6.16. The molecule has 1 aromatic carbocycles. The predicted octanol–water partition coefficient (Wildman–Crippen LogP) is 4.83. The first-order valence-corrected chi connectivity index (χ1v) is 7.76. The highest BCUT2D eigenvalue weighted by atomic mass is 35.5. The molecular formula is C16H21ClN2. The fourth-order valence-corrected chi connectivity index (χ4v) is 3.44. The van der Waals surface area contributed by atoms with E-state index in [1.54, 1.807) is 0 Å². The van der Waals surface area contributed by atoms with Crippen molar-refractivity contribution in [2.75, 3.05) is 0 Å². The van der Waals surface area contributed by atoms with Gasteiger partial charge in [-0.2, -0.15) is 0 Å². The molecule has 102 valence electrons. The average Bonchev–Trinajstić information content (AvgIpc) is 2.77. The SMILES string of the molecule is Cc1ccc2nc(CCl)n(C3CCC(C)CC3)c2c1. The number of alkyl halides is 1. The largest absolute Gasteiger partial charge is 0.324 e. The van der Waals surface area contributed by atoms with Crippen molar-refractivity contribution in [3.63, 3.8) is 0 Å². The third-order valence-corrected chi connectivity index (χ3v) is 4.63. The van der Waals surface area contributed by atoms with Crippen LogP contribution in [0.2, 0.25) is 0 Å². The van der Waals surface area contributed by atoms with Gasteiger partial charge in [0.25, 0.3) is 0 Å². The van der Waals surface area contributed by atoms with Crippen LogP contribution >= 0.6 is 11.6 Å². The molecule has 0 unspecified atom stereocenters. The summed E-state index contributed by atoms with van der Waals surface area (Å²) in [7, 11) is 0. The van der Waals surface area contributed by atoms with Crippen LogP contribution in [0, 0.1) is 12.8 Å². The molecule has 3 rings (SSSR count). The minimum Gasteiger partial charge on any atom is -0.324 e. The van der Waals surface area contributed by atoms with Gasteiger partial charge in [-0.1, -0.05) is 13.0 Å². The first-order valence-electron chi connectivity index (χ1n) is 7.22. The molecule has 0 radical (unpaired) electrons. The van der Waals surface area contributed by atoms with Gasteiger partial charge >= 0.3 is 0 Å². The van der Waals surface area contributed by atoms with Crippen molar-refractivity contribution in [2.45, 2.75) is 51.5 Å². The van der Waals surface area contributed by atoms with Crippen LogP contribution in [0.5, 0.6) is 0 Å². The molecule has 1 fully saturated rings. The standard InChI is InChI=1S/C16H21ClN2/c1-11-3-6-13(7-4-11)19-15-9-12(2)5-8-14(15)18-16(19)10-17/h5,8-9,11,13H,3-4,6-7,10H2,1-2H3. The number of fused-ring (bicyclic) bond motifs is 1. The summed E-state index contributed by atoms with van der Waals surface area (Å²) in [5.41, 5.74) is 3.63. The summed E-state index contributed by atoms with van der Waals surface area (Å²) < 4.78 is 2.40. The summed E-state index contributed by atoms with van der Waals surface area (Å²) in [5, 5.41) is 0. The van der Waals surface area contributed by atoms with E-state index < -0.39 is 0 Å². The van der Waals surface area contributed by atoms with Gasteiger partial charge in [-0.15, -0.1) is 11.6 Å². The Kier molecular flexibility index (Phi) is 3.53. The Labute approximate surface area is 119 Å². The molecule has 1 saturated carbocycles. The van der Waals surface area contributed by atoms with Crippen molar-refractivity contribution in [3.8, 4) is 0 Å². The molecule has 1 aliphatic carbocycles. The molecule has 0 bridgehead atoms. The quantitative estimate of drug-likeness (QED) is 0.718. The van der Waals surface area contributed by atoms with Crippen LogP contribution in [0.25, 0.3) is 11.0 Å². The monoisotopic (exact) mass is 276 g/mol. The van der Waals surface area contributed by atoms with E-state index in [9.17, 15) is 0 Å². The molecule has 2 nitrogen and oxygen atoms in total. The Morgan fingerprint density at radius 3 is 2.68 bits per heavy atom. The van der Waals surface area contributed by atoms with Crippen molar-refractivity contribution in [1.29, 1.82) is 0 Å². The maximum absolute atomic E-state index is 6.11. The zero-order valence-electron chi connectivity index (χ0n) is 11.7. The lowest BCUT2D eigenvalue weighted by molar-refractivity contribution is 0.290. The molecular weight excluding hydrogens is 256 g/mol. The molecule has 0 spiro atoms. The summed E-state index contributed by atoms with van der Waals surface area (Å²) in [4.78, 5) is 4.70. The Morgan fingerprint density at radius 2 is 2.00 bits per heavy atom. The number of benzene rings is 1. The van der Waals surface area contributed by atoms with Gasteiger partial charge in [0.1, 0.15) is 5.82 Å².